The van der Waals surface area contributed by atoms with Crippen LogP contribution < -0.4 is 19.5 Å². The highest BCUT2D eigenvalue weighted by atomic mass is 35.5. The highest BCUT2D eigenvalue weighted by Gasteiger charge is 2.46. The number of amides is 2. The average molecular weight is 527 g/mol. The van der Waals surface area contributed by atoms with Gasteiger partial charge in [-0.2, -0.15) is 5.10 Å². The SMILES string of the molecule is COCC1(Oc2cc(Oc3ccc4c(c3Cl)OC(C)N(C)C4=O)cc(C(=O)Nc3ccn(C)n3)c2)CC1. The number of fused-ring (bicyclic) bond motifs is 1. The number of hydrogen-bond acceptors (Lipinski definition) is 7. The first-order chi connectivity index (χ1) is 17.7. The van der Waals surface area contributed by atoms with E-state index in [1.807, 2.05) is 0 Å². The summed E-state index contributed by atoms with van der Waals surface area (Å²) in [5.41, 5.74) is 0.227. The fraction of sp³-hybridized carbons (Fsp3) is 0.346. The molecule has 1 aliphatic heterocycles. The van der Waals surface area contributed by atoms with Crippen molar-refractivity contribution >= 4 is 29.2 Å². The predicted molar refractivity (Wildman–Crippen MR) is 136 cm³/mol. The van der Waals surface area contributed by atoms with Crippen LogP contribution in [0.25, 0.3) is 0 Å². The summed E-state index contributed by atoms with van der Waals surface area (Å²) in [6.45, 7) is 2.19. The summed E-state index contributed by atoms with van der Waals surface area (Å²) in [5.74, 6) is 1.15. The number of ether oxygens (including phenoxy) is 4. The zero-order valence-corrected chi connectivity index (χ0v) is 21.7. The molecule has 0 bridgehead atoms. The normalized spacial score (nSPS) is 17.6. The Labute approximate surface area is 219 Å². The largest absolute Gasteiger partial charge is 0.485 e. The van der Waals surface area contributed by atoms with Crippen LogP contribution >= 0.6 is 11.6 Å². The van der Waals surface area contributed by atoms with Gasteiger partial charge in [0.25, 0.3) is 11.8 Å². The molecule has 3 aromatic rings. The minimum Gasteiger partial charge on any atom is -0.485 e. The van der Waals surface area contributed by atoms with Crippen molar-refractivity contribution in [3.05, 3.63) is 58.7 Å². The molecule has 2 aromatic carbocycles. The summed E-state index contributed by atoms with van der Waals surface area (Å²) in [6, 6.07) is 9.81. The van der Waals surface area contributed by atoms with Gasteiger partial charge < -0.3 is 29.2 Å². The van der Waals surface area contributed by atoms with Crippen molar-refractivity contribution in [2.45, 2.75) is 31.6 Å². The molecule has 0 spiro atoms. The van der Waals surface area contributed by atoms with E-state index in [9.17, 15) is 9.59 Å². The molecular formula is C26H27ClN4O6. The van der Waals surface area contributed by atoms with Crippen LogP contribution in [-0.4, -0.2) is 59.1 Å². The quantitative estimate of drug-likeness (QED) is 0.461. The van der Waals surface area contributed by atoms with Crippen molar-refractivity contribution in [1.29, 1.82) is 0 Å². The molecule has 5 rings (SSSR count). The molecule has 37 heavy (non-hydrogen) atoms. The molecule has 11 heteroatoms. The smallest absolute Gasteiger partial charge is 0.260 e. The summed E-state index contributed by atoms with van der Waals surface area (Å²) in [4.78, 5) is 27.2. The van der Waals surface area contributed by atoms with Crippen LogP contribution in [0.1, 0.15) is 40.5 Å². The van der Waals surface area contributed by atoms with Crippen molar-refractivity contribution in [3.8, 4) is 23.0 Å². The number of carbonyl (C=O) groups is 2. The molecular weight excluding hydrogens is 500 g/mol. The Morgan fingerprint density at radius 3 is 2.65 bits per heavy atom. The third kappa shape index (κ3) is 5.07. The van der Waals surface area contributed by atoms with E-state index in [1.54, 1.807) is 75.4 Å². The molecule has 1 aliphatic carbocycles. The molecule has 1 saturated carbocycles. The summed E-state index contributed by atoms with van der Waals surface area (Å²) in [6.07, 6.45) is 2.93. The molecule has 2 aliphatic rings. The van der Waals surface area contributed by atoms with Gasteiger partial charge in [-0.05, 0) is 44.0 Å². The van der Waals surface area contributed by atoms with Crippen molar-refractivity contribution in [2.75, 3.05) is 26.1 Å². The summed E-state index contributed by atoms with van der Waals surface area (Å²) in [7, 11) is 5.05. The van der Waals surface area contributed by atoms with Gasteiger partial charge in [-0.15, -0.1) is 0 Å². The van der Waals surface area contributed by atoms with Crippen LogP contribution in [-0.2, 0) is 11.8 Å². The van der Waals surface area contributed by atoms with E-state index in [0.29, 0.717) is 35.1 Å². The number of carbonyl (C=O) groups excluding carboxylic acids is 2. The molecule has 1 fully saturated rings. The van der Waals surface area contributed by atoms with E-state index in [4.69, 9.17) is 30.5 Å². The molecule has 194 valence electrons. The number of aromatic nitrogens is 2. The van der Waals surface area contributed by atoms with E-state index in [1.165, 1.54) is 4.90 Å². The molecule has 0 radical (unpaired) electrons. The monoisotopic (exact) mass is 526 g/mol. The van der Waals surface area contributed by atoms with Gasteiger partial charge in [0.1, 0.15) is 27.9 Å². The number of rotatable bonds is 8. The van der Waals surface area contributed by atoms with Crippen molar-refractivity contribution < 1.29 is 28.5 Å². The topological polar surface area (TPSA) is 104 Å². The molecule has 2 heterocycles. The zero-order chi connectivity index (χ0) is 26.3. The molecule has 1 atom stereocenters. The Bertz CT molecular complexity index is 1370. The van der Waals surface area contributed by atoms with Gasteiger partial charge in [0.05, 0.1) is 12.2 Å². The second-order valence-corrected chi connectivity index (χ2v) is 9.61. The summed E-state index contributed by atoms with van der Waals surface area (Å²) in [5, 5.41) is 7.13. The Balaban J connectivity index is 1.47. The predicted octanol–water partition coefficient (Wildman–Crippen LogP) is 4.49. The van der Waals surface area contributed by atoms with Crippen LogP contribution in [0.2, 0.25) is 5.02 Å². The van der Waals surface area contributed by atoms with E-state index in [-0.39, 0.29) is 28.3 Å². The summed E-state index contributed by atoms with van der Waals surface area (Å²) < 4.78 is 25.1. The lowest BCUT2D eigenvalue weighted by Gasteiger charge is -2.32. The zero-order valence-electron chi connectivity index (χ0n) is 20.9. The highest BCUT2D eigenvalue weighted by Crippen LogP contribution is 2.44. The third-order valence-electron chi connectivity index (χ3n) is 6.32. The third-order valence-corrected chi connectivity index (χ3v) is 6.68. The van der Waals surface area contributed by atoms with Crippen LogP contribution in [0.3, 0.4) is 0 Å². The molecule has 1 aromatic heterocycles. The number of methoxy groups -OCH3 is 1. The maximum Gasteiger partial charge on any atom is 0.260 e. The lowest BCUT2D eigenvalue weighted by Crippen LogP contribution is -2.42. The first-order valence-corrected chi connectivity index (χ1v) is 12.1. The number of hydrogen-bond donors (Lipinski definition) is 1. The number of nitrogens with one attached hydrogen (secondary N) is 1. The molecule has 1 unspecified atom stereocenters. The van der Waals surface area contributed by atoms with Gasteiger partial charge in [-0.1, -0.05) is 11.6 Å². The van der Waals surface area contributed by atoms with Crippen LogP contribution in [0, 0.1) is 0 Å². The fourth-order valence-corrected chi connectivity index (χ4v) is 4.30. The lowest BCUT2D eigenvalue weighted by atomic mass is 10.1. The lowest BCUT2D eigenvalue weighted by molar-refractivity contribution is 0.0293. The van der Waals surface area contributed by atoms with Crippen LogP contribution in [0.5, 0.6) is 23.0 Å². The molecule has 2 amide bonds. The first kappa shape index (κ1) is 24.9. The van der Waals surface area contributed by atoms with Crippen molar-refractivity contribution in [2.24, 2.45) is 7.05 Å². The standard InChI is InChI=1S/C26H27ClN4O6/c1-15-31(3)25(33)19-5-6-20(22(27)23(19)35-15)36-17-11-16(24(32)28-21-7-10-30(2)29-21)12-18(13-17)37-26(8-9-26)14-34-4/h5-7,10-13,15H,8-9,14H2,1-4H3,(H,28,29,32). The van der Waals surface area contributed by atoms with E-state index >= 15 is 0 Å². The van der Waals surface area contributed by atoms with Crippen molar-refractivity contribution in [1.82, 2.24) is 14.7 Å². The maximum atomic E-state index is 13.1. The first-order valence-electron chi connectivity index (χ1n) is 11.8. The van der Waals surface area contributed by atoms with Gasteiger partial charge in [0.2, 0.25) is 0 Å². The highest BCUT2D eigenvalue weighted by molar-refractivity contribution is 6.34. The Morgan fingerprint density at radius 2 is 1.97 bits per heavy atom. The molecule has 10 nitrogen and oxygen atoms in total. The summed E-state index contributed by atoms with van der Waals surface area (Å²) >= 11 is 6.61. The minimum atomic E-state index is -0.484. The average Bonchev–Trinajstić information content (AvgIpc) is 3.49. The van der Waals surface area contributed by atoms with E-state index in [0.717, 1.165) is 12.8 Å². The van der Waals surface area contributed by atoms with E-state index < -0.39 is 11.8 Å². The number of nitrogens with zero attached hydrogens (tertiary/aromatic N) is 3. The van der Waals surface area contributed by atoms with Crippen LogP contribution in [0.15, 0.2) is 42.6 Å². The Kier molecular flexibility index (Phi) is 6.47. The fourth-order valence-electron chi connectivity index (χ4n) is 4.05. The maximum absolute atomic E-state index is 13.1. The van der Waals surface area contributed by atoms with Crippen LogP contribution in [0.4, 0.5) is 5.82 Å². The van der Waals surface area contributed by atoms with Gasteiger partial charge in [0.15, 0.2) is 17.8 Å². The number of halogens is 1. The Morgan fingerprint density at radius 1 is 1.22 bits per heavy atom. The Hall–Kier alpha value is -3.76. The van der Waals surface area contributed by atoms with Crippen molar-refractivity contribution in [3.63, 3.8) is 0 Å². The van der Waals surface area contributed by atoms with Gasteiger partial charge >= 0.3 is 0 Å². The number of anilines is 1. The van der Waals surface area contributed by atoms with Gasteiger partial charge in [-0.3, -0.25) is 14.3 Å². The number of aryl methyl sites for hydroxylation is 1. The molecule has 1 N–H and O–H groups in total. The number of benzene rings is 2. The second-order valence-electron chi connectivity index (χ2n) is 9.23. The van der Waals surface area contributed by atoms with Gasteiger partial charge in [-0.25, -0.2) is 0 Å². The molecule has 0 saturated heterocycles. The minimum absolute atomic E-state index is 0.162. The van der Waals surface area contributed by atoms with E-state index in [2.05, 4.69) is 10.4 Å². The second kappa shape index (κ2) is 9.60. The van der Waals surface area contributed by atoms with Gasteiger partial charge in [0, 0.05) is 45.1 Å².